The fraction of sp³-hybridized carbons (Fsp3) is 0.450. The minimum absolute atomic E-state index is 0.153. The number of nitrogens with one attached hydrogen (secondary N) is 1. The summed E-state index contributed by atoms with van der Waals surface area (Å²) < 4.78 is 10.5. The topological polar surface area (TPSA) is 81.7 Å². The summed E-state index contributed by atoms with van der Waals surface area (Å²) in [4.78, 5) is 36.6. The maximum Gasteiger partial charge on any atom is 0.513 e. The van der Waals surface area contributed by atoms with Crippen LogP contribution in [0.25, 0.3) is 5.57 Å². The van der Waals surface area contributed by atoms with Crippen LogP contribution in [-0.2, 0) is 19.1 Å². The molecule has 1 aliphatic carbocycles. The molecule has 1 N–H and O–H groups in total. The molecule has 0 radical (unpaired) electrons. The van der Waals surface area contributed by atoms with E-state index >= 15 is 0 Å². The van der Waals surface area contributed by atoms with Crippen molar-refractivity contribution in [3.05, 3.63) is 40.6 Å². The molecule has 3 rings (SSSR count). The number of benzene rings is 1. The summed E-state index contributed by atoms with van der Waals surface area (Å²) in [6, 6.07) is 5.81. The predicted molar refractivity (Wildman–Crippen MR) is 95.3 cm³/mol. The Labute approximate surface area is 152 Å². The van der Waals surface area contributed by atoms with Gasteiger partial charge in [-0.05, 0) is 44.7 Å². The zero-order chi connectivity index (χ0) is 18.9. The van der Waals surface area contributed by atoms with Gasteiger partial charge < -0.3 is 14.8 Å². The molecule has 1 heterocycles. The lowest BCUT2D eigenvalue weighted by Gasteiger charge is -2.34. The van der Waals surface area contributed by atoms with E-state index in [0.29, 0.717) is 31.3 Å². The molecule has 26 heavy (non-hydrogen) atoms. The molecule has 1 fully saturated rings. The van der Waals surface area contributed by atoms with Crippen LogP contribution in [0.4, 0.5) is 4.79 Å². The van der Waals surface area contributed by atoms with Crippen molar-refractivity contribution in [3.8, 4) is 0 Å². The number of amides is 1. The molecule has 0 bridgehead atoms. The Morgan fingerprint density at radius 1 is 1.19 bits per heavy atom. The molecule has 6 nitrogen and oxygen atoms in total. The Bertz CT molecular complexity index is 798. The molecule has 0 aromatic heterocycles. The molecule has 1 aromatic rings. The van der Waals surface area contributed by atoms with E-state index in [1.54, 1.807) is 6.92 Å². The third-order valence-corrected chi connectivity index (χ3v) is 5.01. The van der Waals surface area contributed by atoms with Crippen molar-refractivity contribution in [1.82, 2.24) is 5.32 Å². The molecular formula is C20H23NO5. The summed E-state index contributed by atoms with van der Waals surface area (Å²) in [7, 11) is 0. The highest BCUT2D eigenvalue weighted by Gasteiger charge is 2.50. The summed E-state index contributed by atoms with van der Waals surface area (Å²) in [5.74, 6) is 0.148. The number of aryl methyl sites for hydroxylation is 2. The number of carbonyl (C=O) groups is 3. The molecule has 1 saturated carbocycles. The van der Waals surface area contributed by atoms with E-state index < -0.39 is 11.7 Å². The highest BCUT2D eigenvalue weighted by Crippen LogP contribution is 2.43. The lowest BCUT2D eigenvalue weighted by molar-refractivity contribution is -0.123. The number of hydrogen-bond donors (Lipinski definition) is 1. The normalized spacial score (nSPS) is 18.9. The summed E-state index contributed by atoms with van der Waals surface area (Å²) in [6.45, 7) is 5.72. The minimum atomic E-state index is -0.835. The lowest BCUT2D eigenvalue weighted by Crippen LogP contribution is -2.48. The number of rotatable bonds is 3. The van der Waals surface area contributed by atoms with Gasteiger partial charge in [-0.3, -0.25) is 9.59 Å². The fourth-order valence-corrected chi connectivity index (χ4v) is 3.62. The van der Waals surface area contributed by atoms with Gasteiger partial charge in [-0.1, -0.05) is 23.8 Å². The zero-order valence-electron chi connectivity index (χ0n) is 15.3. The number of ketones is 1. The quantitative estimate of drug-likeness (QED) is 0.840. The van der Waals surface area contributed by atoms with Crippen molar-refractivity contribution in [3.63, 3.8) is 0 Å². The van der Waals surface area contributed by atoms with Gasteiger partial charge in [0.25, 0.3) is 5.91 Å². The first-order valence-corrected chi connectivity index (χ1v) is 8.87. The molecule has 138 valence electrons. The number of ether oxygens (including phenoxy) is 2. The van der Waals surface area contributed by atoms with E-state index in [1.807, 2.05) is 32.0 Å². The van der Waals surface area contributed by atoms with Crippen LogP contribution >= 0.6 is 0 Å². The van der Waals surface area contributed by atoms with Crippen molar-refractivity contribution in [1.29, 1.82) is 0 Å². The maximum atomic E-state index is 12.9. The van der Waals surface area contributed by atoms with E-state index in [4.69, 9.17) is 9.47 Å². The monoisotopic (exact) mass is 357 g/mol. The largest absolute Gasteiger partial charge is 0.513 e. The van der Waals surface area contributed by atoms with E-state index in [2.05, 4.69) is 5.32 Å². The predicted octanol–water partition coefficient (Wildman–Crippen LogP) is 3.20. The van der Waals surface area contributed by atoms with Gasteiger partial charge in [-0.15, -0.1) is 0 Å². The van der Waals surface area contributed by atoms with Crippen LogP contribution in [0.15, 0.2) is 24.0 Å². The Balaban J connectivity index is 2.13. The van der Waals surface area contributed by atoms with E-state index in [1.165, 1.54) is 0 Å². The van der Waals surface area contributed by atoms with E-state index in [0.717, 1.165) is 16.7 Å². The summed E-state index contributed by atoms with van der Waals surface area (Å²) in [5.41, 5.74) is 2.17. The fourth-order valence-electron chi connectivity index (χ4n) is 3.62. The summed E-state index contributed by atoms with van der Waals surface area (Å²) in [5, 5.41) is 2.98. The molecule has 2 aliphatic rings. The van der Waals surface area contributed by atoms with Crippen molar-refractivity contribution in [2.75, 3.05) is 6.61 Å². The van der Waals surface area contributed by atoms with Crippen LogP contribution in [0, 0.1) is 13.8 Å². The maximum absolute atomic E-state index is 12.9. The first-order chi connectivity index (χ1) is 12.4. The first-order valence-electron chi connectivity index (χ1n) is 8.87. The van der Waals surface area contributed by atoms with Crippen molar-refractivity contribution in [2.24, 2.45) is 0 Å². The SMILES string of the molecule is CCOC(=O)OC1=C(c2cc(C)ccc2C)C(=O)NC12CCC(=O)CC2. The van der Waals surface area contributed by atoms with Crippen LogP contribution in [0.1, 0.15) is 49.3 Å². The van der Waals surface area contributed by atoms with Crippen LogP contribution in [0.5, 0.6) is 0 Å². The van der Waals surface area contributed by atoms with Crippen molar-refractivity contribution >= 4 is 23.4 Å². The van der Waals surface area contributed by atoms with Gasteiger partial charge in [-0.25, -0.2) is 4.79 Å². The number of carbonyl (C=O) groups excluding carboxylic acids is 3. The molecule has 6 heteroatoms. The molecule has 0 atom stereocenters. The Morgan fingerprint density at radius 2 is 1.88 bits per heavy atom. The summed E-state index contributed by atoms with van der Waals surface area (Å²) >= 11 is 0. The number of hydrogen-bond acceptors (Lipinski definition) is 5. The average Bonchev–Trinajstić information content (AvgIpc) is 2.85. The third kappa shape index (κ3) is 3.23. The second-order valence-electron chi connectivity index (χ2n) is 6.88. The third-order valence-electron chi connectivity index (χ3n) is 5.01. The molecular weight excluding hydrogens is 334 g/mol. The molecule has 1 aromatic carbocycles. The van der Waals surface area contributed by atoms with Gasteiger partial charge in [0, 0.05) is 12.8 Å². The van der Waals surface area contributed by atoms with Crippen LogP contribution in [-0.4, -0.2) is 30.0 Å². The Hall–Kier alpha value is -2.63. The lowest BCUT2D eigenvalue weighted by atomic mass is 9.79. The van der Waals surface area contributed by atoms with Crippen LogP contribution in [0.2, 0.25) is 0 Å². The van der Waals surface area contributed by atoms with Gasteiger partial charge in [0.15, 0.2) is 0 Å². The number of Topliss-reactive ketones (excluding diaryl/α,β-unsaturated/α-hetero) is 1. The van der Waals surface area contributed by atoms with Crippen molar-refractivity contribution in [2.45, 2.75) is 52.0 Å². The van der Waals surface area contributed by atoms with Gasteiger partial charge >= 0.3 is 6.16 Å². The molecule has 1 amide bonds. The van der Waals surface area contributed by atoms with Crippen LogP contribution < -0.4 is 5.32 Å². The van der Waals surface area contributed by atoms with Gasteiger partial charge in [-0.2, -0.15) is 0 Å². The van der Waals surface area contributed by atoms with E-state index in [-0.39, 0.29) is 24.1 Å². The van der Waals surface area contributed by atoms with Crippen molar-refractivity contribution < 1.29 is 23.9 Å². The molecule has 0 saturated heterocycles. The molecule has 1 aliphatic heterocycles. The zero-order valence-corrected chi connectivity index (χ0v) is 15.3. The second-order valence-corrected chi connectivity index (χ2v) is 6.88. The smallest absolute Gasteiger partial charge is 0.434 e. The Morgan fingerprint density at radius 3 is 2.54 bits per heavy atom. The Kier molecular flexibility index (Phi) is 4.85. The standard InChI is InChI=1S/C20H23NO5/c1-4-25-19(24)26-17-16(15-11-12(2)5-6-13(15)3)18(23)21-20(17)9-7-14(22)8-10-20/h5-6,11H,4,7-10H2,1-3H3,(H,21,23). The average molecular weight is 357 g/mol. The highest BCUT2D eigenvalue weighted by atomic mass is 16.7. The van der Waals surface area contributed by atoms with Gasteiger partial charge in [0.1, 0.15) is 17.1 Å². The minimum Gasteiger partial charge on any atom is -0.434 e. The summed E-state index contributed by atoms with van der Waals surface area (Å²) in [6.07, 6.45) is 0.686. The van der Waals surface area contributed by atoms with Gasteiger partial charge in [0.05, 0.1) is 12.2 Å². The second kappa shape index (κ2) is 6.94. The highest BCUT2D eigenvalue weighted by molar-refractivity contribution is 6.24. The first kappa shape index (κ1) is 18.2. The molecule has 0 unspecified atom stereocenters. The molecule has 1 spiro atoms. The van der Waals surface area contributed by atoms with E-state index in [9.17, 15) is 14.4 Å². The van der Waals surface area contributed by atoms with Crippen LogP contribution in [0.3, 0.4) is 0 Å². The van der Waals surface area contributed by atoms with Gasteiger partial charge in [0.2, 0.25) is 0 Å².